The van der Waals surface area contributed by atoms with Crippen LogP contribution in [0.4, 0.5) is 11.4 Å². The van der Waals surface area contributed by atoms with Gasteiger partial charge in [0.25, 0.3) is 0 Å². The van der Waals surface area contributed by atoms with Gasteiger partial charge in [0.2, 0.25) is 0 Å². The van der Waals surface area contributed by atoms with Gasteiger partial charge >= 0.3 is 0 Å². The van der Waals surface area contributed by atoms with Crippen molar-refractivity contribution in [1.29, 1.82) is 0 Å². The van der Waals surface area contributed by atoms with E-state index < -0.39 is 0 Å². The van der Waals surface area contributed by atoms with Crippen molar-refractivity contribution in [2.75, 3.05) is 10.6 Å². The van der Waals surface area contributed by atoms with E-state index in [4.69, 9.17) is 0 Å². The lowest BCUT2D eigenvalue weighted by Crippen LogP contribution is -2.68. The van der Waals surface area contributed by atoms with Crippen LogP contribution >= 0.6 is 0 Å². The highest BCUT2D eigenvalue weighted by Crippen LogP contribution is 2.63. The molecule has 0 bridgehead atoms. The van der Waals surface area contributed by atoms with Gasteiger partial charge in [-0.2, -0.15) is 0 Å². The van der Waals surface area contributed by atoms with Crippen molar-refractivity contribution in [2.24, 2.45) is 5.92 Å². The van der Waals surface area contributed by atoms with E-state index in [0.29, 0.717) is 11.5 Å². The maximum Gasteiger partial charge on any atom is 0.0695 e. The predicted octanol–water partition coefficient (Wildman–Crippen LogP) is 5.88. The maximum atomic E-state index is 4.05. The number of fused-ring (bicyclic) bond motifs is 4. The molecule has 2 nitrogen and oxygen atoms in total. The molecule has 5 rings (SSSR count). The van der Waals surface area contributed by atoms with Crippen molar-refractivity contribution in [3.8, 4) is 0 Å². The molecule has 0 amide bonds. The van der Waals surface area contributed by atoms with Crippen LogP contribution in [-0.4, -0.2) is 5.54 Å². The highest BCUT2D eigenvalue weighted by molar-refractivity contribution is 5.66. The van der Waals surface area contributed by atoms with Gasteiger partial charge in [0.15, 0.2) is 0 Å². The summed E-state index contributed by atoms with van der Waals surface area (Å²) in [4.78, 5) is 0. The third-order valence-corrected chi connectivity index (χ3v) is 7.39. The van der Waals surface area contributed by atoms with Gasteiger partial charge in [-0.05, 0) is 74.3 Å². The minimum atomic E-state index is 0.111. The van der Waals surface area contributed by atoms with Crippen LogP contribution in [0, 0.1) is 5.92 Å². The zero-order chi connectivity index (χ0) is 17.8. The molecule has 2 unspecified atom stereocenters. The second kappa shape index (κ2) is 5.77. The molecule has 2 fully saturated rings. The summed E-state index contributed by atoms with van der Waals surface area (Å²) in [5.41, 5.74) is 7.45. The molecule has 2 aromatic rings. The molecule has 0 aromatic heterocycles. The minimum absolute atomic E-state index is 0.111. The fourth-order valence-electron chi connectivity index (χ4n) is 5.68. The van der Waals surface area contributed by atoms with Gasteiger partial charge in [0, 0.05) is 28.4 Å². The van der Waals surface area contributed by atoms with Gasteiger partial charge in [0.1, 0.15) is 0 Å². The first-order chi connectivity index (χ1) is 12.7. The SMILES string of the molecule is CCc1cccc(NC23CCC2C2(CCC2)Nc2cc(CC)ccc23)c1. The highest BCUT2D eigenvalue weighted by Gasteiger charge is 2.62. The van der Waals surface area contributed by atoms with Crippen molar-refractivity contribution in [3.05, 3.63) is 59.2 Å². The number of benzene rings is 2. The summed E-state index contributed by atoms with van der Waals surface area (Å²) in [5.74, 6) is 0.703. The summed E-state index contributed by atoms with van der Waals surface area (Å²) in [6.07, 6.45) is 8.79. The Bertz CT molecular complexity index is 836. The van der Waals surface area contributed by atoms with Crippen LogP contribution in [0.3, 0.4) is 0 Å². The van der Waals surface area contributed by atoms with Gasteiger partial charge < -0.3 is 10.6 Å². The van der Waals surface area contributed by atoms with Crippen molar-refractivity contribution >= 4 is 11.4 Å². The van der Waals surface area contributed by atoms with Crippen LogP contribution in [0.1, 0.15) is 62.6 Å². The van der Waals surface area contributed by atoms with E-state index in [-0.39, 0.29) is 5.54 Å². The largest absolute Gasteiger partial charge is 0.379 e. The summed E-state index contributed by atoms with van der Waals surface area (Å²) in [5, 5.41) is 8.05. The standard InChI is InChI=1S/C24H30N2/c1-3-17-7-5-8-19(15-17)25-24-14-11-22(24)23(12-6-13-23)26-21-16-18(4-2)9-10-20(21)24/h5,7-10,15-16,22,25-26H,3-4,6,11-14H2,1-2H3. The summed E-state index contributed by atoms with van der Waals surface area (Å²) < 4.78 is 0. The van der Waals surface area contributed by atoms with E-state index in [9.17, 15) is 0 Å². The second-order valence-electron chi connectivity index (χ2n) is 8.61. The van der Waals surface area contributed by atoms with E-state index in [1.54, 1.807) is 0 Å². The lowest BCUT2D eigenvalue weighted by molar-refractivity contribution is 0.0197. The van der Waals surface area contributed by atoms with E-state index >= 15 is 0 Å². The number of hydrogen-bond acceptors (Lipinski definition) is 2. The molecule has 2 heteroatoms. The lowest BCUT2D eigenvalue weighted by Gasteiger charge is -2.66. The molecule has 2 N–H and O–H groups in total. The monoisotopic (exact) mass is 346 g/mol. The lowest BCUT2D eigenvalue weighted by atomic mass is 9.48. The molecular formula is C24H30N2. The Morgan fingerprint density at radius 1 is 1.00 bits per heavy atom. The smallest absolute Gasteiger partial charge is 0.0695 e. The zero-order valence-corrected chi connectivity index (χ0v) is 16.1. The molecule has 0 radical (unpaired) electrons. The summed E-state index contributed by atoms with van der Waals surface area (Å²) >= 11 is 0. The van der Waals surface area contributed by atoms with Crippen molar-refractivity contribution < 1.29 is 0 Å². The minimum Gasteiger partial charge on any atom is -0.379 e. The average molecular weight is 347 g/mol. The first-order valence-electron chi connectivity index (χ1n) is 10.5. The van der Waals surface area contributed by atoms with Gasteiger partial charge in [-0.1, -0.05) is 38.1 Å². The Kier molecular flexibility index (Phi) is 3.60. The number of aryl methyl sites for hydroxylation is 2. The normalized spacial score (nSPS) is 27.5. The number of rotatable bonds is 4. The summed E-state index contributed by atoms with van der Waals surface area (Å²) in [6.45, 7) is 4.49. The third kappa shape index (κ3) is 2.17. The Hall–Kier alpha value is -1.96. The predicted molar refractivity (Wildman–Crippen MR) is 110 cm³/mol. The number of nitrogens with one attached hydrogen (secondary N) is 2. The summed E-state index contributed by atoms with van der Waals surface area (Å²) in [7, 11) is 0. The highest BCUT2D eigenvalue weighted by atomic mass is 15.1. The van der Waals surface area contributed by atoms with Crippen LogP contribution in [0.2, 0.25) is 0 Å². The van der Waals surface area contributed by atoms with Crippen LogP contribution in [0.15, 0.2) is 42.5 Å². The first kappa shape index (κ1) is 16.2. The summed E-state index contributed by atoms with van der Waals surface area (Å²) in [6, 6.07) is 16.2. The van der Waals surface area contributed by atoms with E-state index in [1.165, 1.54) is 60.2 Å². The molecule has 0 saturated heterocycles. The fraction of sp³-hybridized carbons (Fsp3) is 0.500. The molecule has 3 aliphatic rings. The third-order valence-electron chi connectivity index (χ3n) is 7.39. The van der Waals surface area contributed by atoms with Crippen LogP contribution in [-0.2, 0) is 18.4 Å². The van der Waals surface area contributed by atoms with Gasteiger partial charge in [-0.15, -0.1) is 0 Å². The Morgan fingerprint density at radius 3 is 2.46 bits per heavy atom. The second-order valence-corrected chi connectivity index (χ2v) is 8.61. The van der Waals surface area contributed by atoms with Crippen LogP contribution < -0.4 is 10.6 Å². The van der Waals surface area contributed by atoms with Crippen LogP contribution in [0.5, 0.6) is 0 Å². The molecular weight excluding hydrogens is 316 g/mol. The molecule has 1 aliphatic heterocycles. The molecule has 136 valence electrons. The number of anilines is 2. The maximum absolute atomic E-state index is 4.05. The van der Waals surface area contributed by atoms with Crippen LogP contribution in [0.25, 0.3) is 0 Å². The number of hydrogen-bond donors (Lipinski definition) is 2. The van der Waals surface area contributed by atoms with Crippen molar-refractivity contribution in [3.63, 3.8) is 0 Å². The first-order valence-corrected chi connectivity index (χ1v) is 10.5. The topological polar surface area (TPSA) is 24.1 Å². The quantitative estimate of drug-likeness (QED) is 0.722. The van der Waals surface area contributed by atoms with E-state index in [0.717, 1.165) is 12.8 Å². The Balaban J connectivity index is 1.60. The molecule has 2 aliphatic carbocycles. The molecule has 1 spiro atoms. The average Bonchev–Trinajstić information content (AvgIpc) is 2.63. The molecule has 2 aromatic carbocycles. The van der Waals surface area contributed by atoms with Gasteiger partial charge in [0.05, 0.1) is 5.54 Å². The molecule has 2 atom stereocenters. The van der Waals surface area contributed by atoms with Crippen molar-refractivity contribution in [1.82, 2.24) is 0 Å². The van der Waals surface area contributed by atoms with E-state index in [1.807, 2.05) is 0 Å². The van der Waals surface area contributed by atoms with Gasteiger partial charge in [-0.3, -0.25) is 0 Å². The Labute approximate surface area is 157 Å². The Morgan fingerprint density at radius 2 is 1.81 bits per heavy atom. The molecule has 1 heterocycles. The van der Waals surface area contributed by atoms with Crippen molar-refractivity contribution in [2.45, 2.75) is 69.9 Å². The zero-order valence-electron chi connectivity index (χ0n) is 16.1. The fourth-order valence-corrected chi connectivity index (χ4v) is 5.68. The molecule has 2 saturated carbocycles. The van der Waals surface area contributed by atoms with Gasteiger partial charge in [-0.25, -0.2) is 0 Å². The van der Waals surface area contributed by atoms with E-state index in [2.05, 4.69) is 66.9 Å². The molecule has 26 heavy (non-hydrogen) atoms.